The van der Waals surface area contributed by atoms with Crippen LogP contribution in [-0.4, -0.2) is 45.5 Å². The molecule has 0 aromatic rings. The number of carboxylic acid groups (broad SMARTS) is 1. The van der Waals surface area contributed by atoms with Gasteiger partial charge in [0.2, 0.25) is 5.91 Å². The largest absolute Gasteiger partial charge is 0.480 e. The topological polar surface area (TPSA) is 57.6 Å². The van der Waals surface area contributed by atoms with Crippen LogP contribution in [0.1, 0.15) is 33.6 Å². The normalized spacial score (nSPS) is 21.9. The molecule has 4 nitrogen and oxygen atoms in total. The van der Waals surface area contributed by atoms with Gasteiger partial charge in [-0.15, -0.1) is 0 Å². The number of carbonyl (C=O) groups excluding carboxylic acids is 1. The van der Waals surface area contributed by atoms with Crippen molar-refractivity contribution < 1.29 is 14.7 Å². The lowest BCUT2D eigenvalue weighted by Crippen LogP contribution is -2.43. The van der Waals surface area contributed by atoms with Crippen LogP contribution in [0.2, 0.25) is 0 Å². The summed E-state index contributed by atoms with van der Waals surface area (Å²) in [5.74, 6) is -0.218. The van der Waals surface area contributed by atoms with Gasteiger partial charge < -0.3 is 10.0 Å². The van der Waals surface area contributed by atoms with Crippen LogP contribution >= 0.6 is 11.8 Å². The van der Waals surface area contributed by atoms with Crippen molar-refractivity contribution in [2.24, 2.45) is 5.92 Å². The summed E-state index contributed by atoms with van der Waals surface area (Å²) in [7, 11) is 0. The highest BCUT2D eigenvalue weighted by atomic mass is 32.2. The fraction of sp³-hybridized carbons (Fsp3) is 0.833. The molecule has 1 amide bonds. The summed E-state index contributed by atoms with van der Waals surface area (Å²) in [6, 6.07) is -0.603. The van der Waals surface area contributed by atoms with E-state index < -0.39 is 12.0 Å². The van der Waals surface area contributed by atoms with Crippen LogP contribution in [0.15, 0.2) is 0 Å². The Morgan fingerprint density at radius 3 is 2.59 bits per heavy atom. The number of thioether (sulfide) groups is 1. The highest BCUT2D eigenvalue weighted by Gasteiger charge is 2.35. The first-order chi connectivity index (χ1) is 7.93. The molecule has 0 aromatic heterocycles. The van der Waals surface area contributed by atoms with E-state index in [4.69, 9.17) is 5.11 Å². The number of carbonyl (C=O) groups is 2. The van der Waals surface area contributed by atoms with Gasteiger partial charge in [-0.25, -0.2) is 4.79 Å². The maximum Gasteiger partial charge on any atom is 0.326 e. The van der Waals surface area contributed by atoms with Crippen LogP contribution < -0.4 is 0 Å². The summed E-state index contributed by atoms with van der Waals surface area (Å²) in [5, 5.41) is 9.53. The maximum atomic E-state index is 12.1. The van der Waals surface area contributed by atoms with Gasteiger partial charge in [-0.05, 0) is 18.1 Å². The molecule has 98 valence electrons. The quantitative estimate of drug-likeness (QED) is 0.818. The fourth-order valence-electron chi connectivity index (χ4n) is 1.98. The van der Waals surface area contributed by atoms with Crippen LogP contribution in [0.4, 0.5) is 0 Å². The Morgan fingerprint density at radius 2 is 2.06 bits per heavy atom. The minimum atomic E-state index is -0.875. The Morgan fingerprint density at radius 1 is 1.41 bits per heavy atom. The molecule has 0 spiro atoms. The van der Waals surface area contributed by atoms with Crippen molar-refractivity contribution in [1.29, 1.82) is 0 Å². The maximum absolute atomic E-state index is 12.1. The van der Waals surface area contributed by atoms with Crippen molar-refractivity contribution in [1.82, 2.24) is 4.90 Å². The van der Waals surface area contributed by atoms with Gasteiger partial charge in [-0.1, -0.05) is 20.8 Å². The van der Waals surface area contributed by atoms with Crippen LogP contribution in [0.5, 0.6) is 0 Å². The number of nitrogens with zero attached hydrogens (tertiary/aromatic N) is 1. The Balaban J connectivity index is 2.53. The first kappa shape index (κ1) is 14.4. The van der Waals surface area contributed by atoms with Crippen LogP contribution in [0, 0.1) is 5.92 Å². The third kappa shape index (κ3) is 3.91. The molecule has 1 heterocycles. The number of amides is 1. The standard InChI is InChI=1S/C12H21NO3S/c1-8(2)17-7-9(3)11(14)13-6-4-5-10(13)12(15)16/h8-10H,4-7H2,1-3H3,(H,15,16)/t9-,10+/m1/s1. The van der Waals surface area contributed by atoms with Crippen LogP contribution in [0.25, 0.3) is 0 Å². The predicted molar refractivity (Wildman–Crippen MR) is 69.1 cm³/mol. The molecule has 1 N–H and O–H groups in total. The second kappa shape index (κ2) is 6.28. The number of hydrogen-bond donors (Lipinski definition) is 1. The molecule has 0 radical (unpaired) electrons. The molecular weight excluding hydrogens is 238 g/mol. The summed E-state index contributed by atoms with van der Waals surface area (Å²) in [5.41, 5.74) is 0. The van der Waals surface area contributed by atoms with Gasteiger partial charge in [0.05, 0.1) is 0 Å². The molecular formula is C12H21NO3S. The van der Waals surface area contributed by atoms with E-state index in [9.17, 15) is 9.59 Å². The molecule has 5 heteroatoms. The number of aliphatic carboxylic acids is 1. The third-order valence-corrected chi connectivity index (χ3v) is 4.28. The molecule has 1 rings (SSSR count). The highest BCUT2D eigenvalue weighted by Crippen LogP contribution is 2.22. The summed E-state index contributed by atoms with van der Waals surface area (Å²) in [6.45, 7) is 6.66. The monoisotopic (exact) mass is 259 g/mol. The molecule has 0 aliphatic carbocycles. The first-order valence-corrected chi connectivity index (χ1v) is 7.13. The number of rotatable bonds is 5. The number of hydrogen-bond acceptors (Lipinski definition) is 3. The second-order valence-corrected chi connectivity index (χ2v) is 6.42. The summed E-state index contributed by atoms with van der Waals surface area (Å²) < 4.78 is 0. The van der Waals surface area contributed by atoms with E-state index in [0.29, 0.717) is 18.2 Å². The van der Waals surface area contributed by atoms with Crippen molar-refractivity contribution >= 4 is 23.6 Å². The Labute approximate surface area is 107 Å². The van der Waals surface area contributed by atoms with E-state index in [1.165, 1.54) is 4.90 Å². The van der Waals surface area contributed by atoms with Crippen molar-refractivity contribution in [2.75, 3.05) is 12.3 Å². The van der Waals surface area contributed by atoms with E-state index in [1.807, 2.05) is 6.92 Å². The van der Waals surface area contributed by atoms with Crippen molar-refractivity contribution in [3.8, 4) is 0 Å². The molecule has 1 aliphatic rings. The van der Waals surface area contributed by atoms with E-state index >= 15 is 0 Å². The minimum Gasteiger partial charge on any atom is -0.480 e. The Kier molecular flexibility index (Phi) is 5.31. The molecule has 0 unspecified atom stereocenters. The van der Waals surface area contributed by atoms with Gasteiger partial charge in [-0.3, -0.25) is 4.79 Å². The lowest BCUT2D eigenvalue weighted by molar-refractivity contribution is -0.149. The zero-order valence-corrected chi connectivity index (χ0v) is 11.5. The van der Waals surface area contributed by atoms with Gasteiger partial charge in [-0.2, -0.15) is 11.8 Å². The highest BCUT2D eigenvalue weighted by molar-refractivity contribution is 7.99. The molecule has 0 bridgehead atoms. The SMILES string of the molecule is CC(C)SC[C@@H](C)C(=O)N1CCC[C@H]1C(=O)O. The molecule has 0 aromatic carbocycles. The van der Waals surface area contributed by atoms with Crippen molar-refractivity contribution in [2.45, 2.75) is 44.9 Å². The summed E-state index contributed by atoms with van der Waals surface area (Å²) >= 11 is 1.74. The lowest BCUT2D eigenvalue weighted by atomic mass is 10.1. The van der Waals surface area contributed by atoms with Gasteiger partial charge in [0, 0.05) is 18.2 Å². The van der Waals surface area contributed by atoms with Crippen LogP contribution in [0.3, 0.4) is 0 Å². The van der Waals surface area contributed by atoms with Gasteiger partial charge in [0.15, 0.2) is 0 Å². The van der Waals surface area contributed by atoms with E-state index in [0.717, 1.165) is 12.2 Å². The molecule has 1 saturated heterocycles. The lowest BCUT2D eigenvalue weighted by Gasteiger charge is -2.25. The molecule has 2 atom stereocenters. The smallest absolute Gasteiger partial charge is 0.326 e. The first-order valence-electron chi connectivity index (χ1n) is 6.08. The molecule has 17 heavy (non-hydrogen) atoms. The van der Waals surface area contributed by atoms with Gasteiger partial charge in [0.25, 0.3) is 0 Å². The predicted octanol–water partition coefficient (Wildman–Crippen LogP) is 1.84. The van der Waals surface area contributed by atoms with E-state index in [1.54, 1.807) is 11.8 Å². The van der Waals surface area contributed by atoms with Crippen molar-refractivity contribution in [3.63, 3.8) is 0 Å². The second-order valence-electron chi connectivity index (χ2n) is 4.81. The average Bonchev–Trinajstić information content (AvgIpc) is 2.73. The Hall–Kier alpha value is -0.710. The minimum absolute atomic E-state index is 0.0111. The zero-order valence-electron chi connectivity index (χ0n) is 10.7. The van der Waals surface area contributed by atoms with Gasteiger partial charge >= 0.3 is 5.97 Å². The zero-order chi connectivity index (χ0) is 13.0. The average molecular weight is 259 g/mol. The van der Waals surface area contributed by atoms with E-state index in [-0.39, 0.29) is 11.8 Å². The number of likely N-dealkylation sites (tertiary alicyclic amines) is 1. The molecule has 0 saturated carbocycles. The third-order valence-electron chi connectivity index (χ3n) is 2.92. The summed E-state index contributed by atoms with van der Waals surface area (Å²) in [6.07, 6.45) is 1.39. The van der Waals surface area contributed by atoms with Crippen molar-refractivity contribution in [3.05, 3.63) is 0 Å². The van der Waals surface area contributed by atoms with E-state index in [2.05, 4.69) is 13.8 Å². The van der Waals surface area contributed by atoms with Crippen LogP contribution in [-0.2, 0) is 9.59 Å². The molecule has 1 aliphatic heterocycles. The fourth-order valence-corrected chi connectivity index (χ4v) is 2.79. The summed E-state index contributed by atoms with van der Waals surface area (Å²) in [4.78, 5) is 24.7. The van der Waals surface area contributed by atoms with Gasteiger partial charge in [0.1, 0.15) is 6.04 Å². The number of carboxylic acids is 1. The molecule has 1 fully saturated rings. The Bertz CT molecular complexity index is 293.